The summed E-state index contributed by atoms with van der Waals surface area (Å²) in [7, 11) is 2.18. The summed E-state index contributed by atoms with van der Waals surface area (Å²) in [6, 6.07) is 10.6. The Hall–Kier alpha value is -0.860. The highest BCUT2D eigenvalue weighted by Gasteiger charge is 2.02. The van der Waals surface area contributed by atoms with Gasteiger partial charge >= 0.3 is 0 Å². The van der Waals surface area contributed by atoms with Gasteiger partial charge in [0.25, 0.3) is 0 Å². The third kappa shape index (κ3) is 5.29. The average molecular weight is 220 g/mol. The Kier molecular flexibility index (Phi) is 6.12. The number of nitrogens with zero attached hydrogens (tertiary/aromatic N) is 1. The topological polar surface area (TPSA) is 29.3 Å². The van der Waals surface area contributed by atoms with E-state index >= 15 is 0 Å². The van der Waals surface area contributed by atoms with E-state index in [0.717, 1.165) is 19.6 Å². The molecule has 1 aromatic rings. The molecule has 0 aliphatic rings. The molecule has 0 bridgehead atoms. The highest BCUT2D eigenvalue weighted by Crippen LogP contribution is 2.07. The van der Waals surface area contributed by atoms with Gasteiger partial charge < -0.3 is 10.6 Å². The average Bonchev–Trinajstić information content (AvgIpc) is 2.30. The van der Waals surface area contributed by atoms with Crippen LogP contribution in [0.5, 0.6) is 0 Å². The molecular formula is C14H24N2. The van der Waals surface area contributed by atoms with Gasteiger partial charge in [0.1, 0.15) is 0 Å². The first kappa shape index (κ1) is 13.2. The molecular weight excluding hydrogens is 196 g/mol. The van der Waals surface area contributed by atoms with E-state index in [0.29, 0.717) is 5.92 Å². The normalized spacial score (nSPS) is 13.0. The van der Waals surface area contributed by atoms with Crippen LogP contribution < -0.4 is 5.73 Å². The lowest BCUT2D eigenvalue weighted by Crippen LogP contribution is -2.20. The minimum absolute atomic E-state index is 0.658. The van der Waals surface area contributed by atoms with Gasteiger partial charge in [-0.1, -0.05) is 37.3 Å². The van der Waals surface area contributed by atoms with Gasteiger partial charge in [0.05, 0.1) is 0 Å². The van der Waals surface area contributed by atoms with Crippen LogP contribution in [-0.2, 0) is 6.54 Å². The zero-order chi connectivity index (χ0) is 11.8. The van der Waals surface area contributed by atoms with Crippen LogP contribution in [0.25, 0.3) is 0 Å². The molecule has 0 aromatic heterocycles. The molecule has 2 heteroatoms. The van der Waals surface area contributed by atoms with Gasteiger partial charge in [0.2, 0.25) is 0 Å². The fraction of sp³-hybridized carbons (Fsp3) is 0.571. The summed E-state index contributed by atoms with van der Waals surface area (Å²) < 4.78 is 0. The summed E-state index contributed by atoms with van der Waals surface area (Å²) in [5.74, 6) is 0.658. The van der Waals surface area contributed by atoms with Gasteiger partial charge in [-0.25, -0.2) is 0 Å². The molecule has 0 spiro atoms. The second kappa shape index (κ2) is 7.42. The summed E-state index contributed by atoms with van der Waals surface area (Å²) in [5, 5.41) is 0. The van der Waals surface area contributed by atoms with E-state index in [-0.39, 0.29) is 0 Å². The van der Waals surface area contributed by atoms with Crippen molar-refractivity contribution in [1.82, 2.24) is 4.90 Å². The molecule has 0 aliphatic carbocycles. The van der Waals surface area contributed by atoms with Gasteiger partial charge in [-0.2, -0.15) is 0 Å². The van der Waals surface area contributed by atoms with Crippen LogP contribution in [-0.4, -0.2) is 25.0 Å². The second-order valence-electron chi connectivity index (χ2n) is 4.71. The number of benzene rings is 1. The van der Waals surface area contributed by atoms with Crippen molar-refractivity contribution in [3.05, 3.63) is 35.9 Å². The maximum atomic E-state index is 5.60. The highest BCUT2D eigenvalue weighted by atomic mass is 15.1. The van der Waals surface area contributed by atoms with Crippen LogP contribution in [0.3, 0.4) is 0 Å². The van der Waals surface area contributed by atoms with Gasteiger partial charge in [0.15, 0.2) is 0 Å². The molecule has 0 saturated carbocycles. The van der Waals surface area contributed by atoms with Gasteiger partial charge in [0, 0.05) is 6.54 Å². The van der Waals surface area contributed by atoms with Crippen molar-refractivity contribution in [2.75, 3.05) is 20.1 Å². The van der Waals surface area contributed by atoms with Crippen molar-refractivity contribution in [1.29, 1.82) is 0 Å². The minimum Gasteiger partial charge on any atom is -0.330 e. The van der Waals surface area contributed by atoms with E-state index in [1.807, 2.05) is 0 Å². The zero-order valence-corrected chi connectivity index (χ0v) is 10.5. The maximum Gasteiger partial charge on any atom is 0.0230 e. The van der Waals surface area contributed by atoms with Crippen LogP contribution in [0.15, 0.2) is 30.3 Å². The number of hydrogen-bond acceptors (Lipinski definition) is 2. The molecule has 90 valence electrons. The Morgan fingerprint density at radius 3 is 2.56 bits per heavy atom. The summed E-state index contributed by atoms with van der Waals surface area (Å²) in [6.07, 6.45) is 2.47. The molecule has 1 atom stereocenters. The molecule has 1 unspecified atom stereocenters. The maximum absolute atomic E-state index is 5.60. The Morgan fingerprint density at radius 2 is 1.94 bits per heavy atom. The predicted octanol–water partition coefficient (Wildman–Crippen LogP) is 2.49. The van der Waals surface area contributed by atoms with Crippen LogP contribution in [0, 0.1) is 5.92 Å². The highest BCUT2D eigenvalue weighted by molar-refractivity contribution is 5.14. The quantitative estimate of drug-likeness (QED) is 0.765. The molecule has 0 aliphatic heterocycles. The van der Waals surface area contributed by atoms with E-state index in [1.165, 1.54) is 18.4 Å². The van der Waals surface area contributed by atoms with Crippen molar-refractivity contribution in [3.63, 3.8) is 0 Å². The fourth-order valence-corrected chi connectivity index (χ4v) is 1.80. The molecule has 2 N–H and O–H groups in total. The first-order valence-corrected chi connectivity index (χ1v) is 6.15. The third-order valence-electron chi connectivity index (χ3n) is 2.93. The lowest BCUT2D eigenvalue weighted by atomic mass is 10.1. The molecule has 0 saturated heterocycles. The van der Waals surface area contributed by atoms with Crippen LogP contribution in [0.1, 0.15) is 25.3 Å². The predicted molar refractivity (Wildman–Crippen MR) is 70.2 cm³/mol. The Morgan fingerprint density at radius 1 is 1.25 bits per heavy atom. The zero-order valence-electron chi connectivity index (χ0n) is 10.5. The standard InChI is InChI=1S/C14H24N2/c1-13(11-15)7-6-10-16(2)12-14-8-4-3-5-9-14/h3-5,8-9,13H,6-7,10-12,15H2,1-2H3. The van der Waals surface area contributed by atoms with Crippen LogP contribution in [0.4, 0.5) is 0 Å². The van der Waals surface area contributed by atoms with Crippen molar-refractivity contribution in [2.24, 2.45) is 11.7 Å². The van der Waals surface area contributed by atoms with Crippen molar-refractivity contribution in [2.45, 2.75) is 26.3 Å². The Bertz CT molecular complexity index is 271. The van der Waals surface area contributed by atoms with Crippen molar-refractivity contribution in [3.8, 4) is 0 Å². The number of nitrogens with two attached hydrogens (primary N) is 1. The van der Waals surface area contributed by atoms with E-state index in [2.05, 4.69) is 49.2 Å². The molecule has 1 aromatic carbocycles. The molecule has 0 fully saturated rings. The third-order valence-corrected chi connectivity index (χ3v) is 2.93. The van der Waals surface area contributed by atoms with Crippen LogP contribution >= 0.6 is 0 Å². The summed E-state index contributed by atoms with van der Waals surface area (Å²) in [6.45, 7) is 5.22. The van der Waals surface area contributed by atoms with E-state index in [9.17, 15) is 0 Å². The minimum atomic E-state index is 0.658. The number of rotatable bonds is 7. The van der Waals surface area contributed by atoms with Crippen molar-refractivity contribution >= 4 is 0 Å². The van der Waals surface area contributed by atoms with E-state index in [4.69, 9.17) is 5.73 Å². The SMILES string of the molecule is CC(CN)CCCN(C)Cc1ccccc1. The molecule has 2 nitrogen and oxygen atoms in total. The summed E-state index contributed by atoms with van der Waals surface area (Å²) >= 11 is 0. The van der Waals surface area contributed by atoms with Gasteiger partial charge in [-0.15, -0.1) is 0 Å². The summed E-state index contributed by atoms with van der Waals surface area (Å²) in [5.41, 5.74) is 6.98. The largest absolute Gasteiger partial charge is 0.330 e. The van der Waals surface area contributed by atoms with Gasteiger partial charge in [-0.05, 0) is 44.5 Å². The fourth-order valence-electron chi connectivity index (χ4n) is 1.80. The van der Waals surface area contributed by atoms with Crippen LogP contribution in [0.2, 0.25) is 0 Å². The van der Waals surface area contributed by atoms with E-state index in [1.54, 1.807) is 0 Å². The monoisotopic (exact) mass is 220 g/mol. The Balaban J connectivity index is 2.19. The first-order valence-electron chi connectivity index (χ1n) is 6.15. The lowest BCUT2D eigenvalue weighted by molar-refractivity contribution is 0.309. The molecule has 16 heavy (non-hydrogen) atoms. The molecule has 0 amide bonds. The van der Waals surface area contributed by atoms with E-state index < -0.39 is 0 Å². The smallest absolute Gasteiger partial charge is 0.0230 e. The lowest BCUT2D eigenvalue weighted by Gasteiger charge is -2.17. The van der Waals surface area contributed by atoms with Gasteiger partial charge in [-0.3, -0.25) is 0 Å². The second-order valence-corrected chi connectivity index (χ2v) is 4.71. The first-order chi connectivity index (χ1) is 7.72. The summed E-state index contributed by atoms with van der Waals surface area (Å²) in [4.78, 5) is 2.37. The molecule has 1 rings (SSSR count). The van der Waals surface area contributed by atoms with Crippen molar-refractivity contribution < 1.29 is 0 Å². The molecule has 0 radical (unpaired) electrons. The number of hydrogen-bond donors (Lipinski definition) is 1. The molecule has 0 heterocycles. The Labute approximate surface area is 99.5 Å².